The quantitative estimate of drug-likeness (QED) is 0.776. The molecule has 0 aliphatic heterocycles. The van der Waals surface area contributed by atoms with Gasteiger partial charge in [-0.3, -0.25) is 4.68 Å². The monoisotopic (exact) mass is 299 g/mol. The molecule has 0 radical (unpaired) electrons. The van der Waals surface area contributed by atoms with Crippen molar-refractivity contribution in [1.82, 2.24) is 15.1 Å². The average molecular weight is 299 g/mol. The zero-order chi connectivity index (χ0) is 15.0. The molecule has 0 aliphatic carbocycles. The number of hydrogen-bond acceptors (Lipinski definition) is 3. The SMILES string of the molecule is Cc1c(C(C)NC(C)c2cc3ccccc3s2)cnn1C. The summed E-state index contributed by atoms with van der Waals surface area (Å²) >= 11 is 1.87. The molecule has 0 saturated heterocycles. The molecule has 1 aromatic carbocycles. The van der Waals surface area contributed by atoms with Crippen LogP contribution in [0.15, 0.2) is 36.5 Å². The molecule has 2 aromatic heterocycles. The Morgan fingerprint density at radius 2 is 1.95 bits per heavy atom. The summed E-state index contributed by atoms with van der Waals surface area (Å²) < 4.78 is 3.28. The van der Waals surface area contributed by atoms with Crippen LogP contribution < -0.4 is 5.32 Å². The van der Waals surface area contributed by atoms with Crippen LogP contribution in [0.3, 0.4) is 0 Å². The zero-order valence-electron chi connectivity index (χ0n) is 12.9. The Bertz CT molecular complexity index is 723. The summed E-state index contributed by atoms with van der Waals surface area (Å²) in [5.74, 6) is 0. The highest BCUT2D eigenvalue weighted by Gasteiger charge is 2.16. The van der Waals surface area contributed by atoms with Crippen molar-refractivity contribution < 1.29 is 0 Å². The lowest BCUT2D eigenvalue weighted by molar-refractivity contribution is 0.498. The lowest BCUT2D eigenvalue weighted by atomic mass is 10.1. The Labute approximate surface area is 129 Å². The van der Waals surface area contributed by atoms with E-state index in [0.717, 1.165) is 0 Å². The molecule has 0 fully saturated rings. The van der Waals surface area contributed by atoms with Crippen LogP contribution in [0.1, 0.15) is 42.1 Å². The molecule has 3 rings (SSSR count). The van der Waals surface area contributed by atoms with Crippen LogP contribution in [0.4, 0.5) is 0 Å². The van der Waals surface area contributed by atoms with Crippen LogP contribution in [-0.4, -0.2) is 9.78 Å². The zero-order valence-corrected chi connectivity index (χ0v) is 13.7. The number of benzene rings is 1. The average Bonchev–Trinajstić information content (AvgIpc) is 3.03. The van der Waals surface area contributed by atoms with E-state index in [1.807, 2.05) is 29.3 Å². The van der Waals surface area contributed by atoms with E-state index in [-0.39, 0.29) is 0 Å². The first-order valence-electron chi connectivity index (χ1n) is 7.29. The molecule has 0 saturated carbocycles. The smallest absolute Gasteiger partial charge is 0.0540 e. The van der Waals surface area contributed by atoms with Crippen LogP contribution in [-0.2, 0) is 7.05 Å². The van der Waals surface area contributed by atoms with Gasteiger partial charge in [-0.2, -0.15) is 5.10 Å². The Morgan fingerprint density at radius 1 is 1.19 bits per heavy atom. The molecule has 21 heavy (non-hydrogen) atoms. The molecule has 0 aliphatic rings. The highest BCUT2D eigenvalue weighted by atomic mass is 32.1. The summed E-state index contributed by atoms with van der Waals surface area (Å²) in [7, 11) is 1.99. The number of aryl methyl sites for hydroxylation is 1. The van der Waals surface area contributed by atoms with Gasteiger partial charge in [0, 0.05) is 40.0 Å². The first kappa shape index (κ1) is 14.3. The second-order valence-electron chi connectivity index (χ2n) is 5.61. The maximum atomic E-state index is 4.33. The van der Waals surface area contributed by atoms with Gasteiger partial charge in [0.2, 0.25) is 0 Å². The minimum atomic E-state index is 0.291. The number of thiophene rings is 1. The van der Waals surface area contributed by atoms with Crippen molar-refractivity contribution in [1.29, 1.82) is 0 Å². The molecule has 3 nitrogen and oxygen atoms in total. The summed E-state index contributed by atoms with van der Waals surface area (Å²) in [5.41, 5.74) is 2.49. The van der Waals surface area contributed by atoms with E-state index in [4.69, 9.17) is 0 Å². The first-order valence-corrected chi connectivity index (χ1v) is 8.11. The minimum absolute atomic E-state index is 0.291. The fraction of sp³-hybridized carbons (Fsp3) is 0.353. The van der Waals surface area contributed by atoms with Gasteiger partial charge in [-0.25, -0.2) is 0 Å². The van der Waals surface area contributed by atoms with E-state index in [0.29, 0.717) is 12.1 Å². The number of aromatic nitrogens is 2. The second kappa shape index (κ2) is 5.62. The summed E-state index contributed by atoms with van der Waals surface area (Å²) in [4.78, 5) is 1.38. The summed E-state index contributed by atoms with van der Waals surface area (Å²) in [5, 5.41) is 9.35. The van der Waals surface area contributed by atoms with Gasteiger partial charge in [0.05, 0.1) is 6.20 Å². The third-order valence-electron chi connectivity index (χ3n) is 4.11. The van der Waals surface area contributed by atoms with Gasteiger partial charge in [-0.1, -0.05) is 18.2 Å². The van der Waals surface area contributed by atoms with Crippen molar-refractivity contribution in [3.05, 3.63) is 52.7 Å². The fourth-order valence-electron chi connectivity index (χ4n) is 2.70. The van der Waals surface area contributed by atoms with Crippen LogP contribution >= 0.6 is 11.3 Å². The number of fused-ring (bicyclic) bond motifs is 1. The standard InChI is InChI=1S/C17H21N3S/c1-11(15-10-18-20(4)13(15)3)19-12(2)17-9-14-7-5-6-8-16(14)21-17/h5-12,19H,1-4H3. The Hall–Kier alpha value is -1.65. The van der Waals surface area contributed by atoms with Crippen molar-refractivity contribution in [2.45, 2.75) is 32.9 Å². The van der Waals surface area contributed by atoms with E-state index in [2.05, 4.69) is 61.5 Å². The molecule has 0 amide bonds. The van der Waals surface area contributed by atoms with Gasteiger partial charge in [0.25, 0.3) is 0 Å². The van der Waals surface area contributed by atoms with Crippen LogP contribution in [0.25, 0.3) is 10.1 Å². The van der Waals surface area contributed by atoms with Gasteiger partial charge in [-0.05, 0) is 38.3 Å². The second-order valence-corrected chi connectivity index (χ2v) is 6.72. The first-order chi connectivity index (χ1) is 10.1. The van der Waals surface area contributed by atoms with Crippen molar-refractivity contribution in [2.24, 2.45) is 7.05 Å². The third-order valence-corrected chi connectivity index (χ3v) is 5.41. The summed E-state index contributed by atoms with van der Waals surface area (Å²) in [6.07, 6.45) is 1.96. The molecule has 2 unspecified atom stereocenters. The van der Waals surface area contributed by atoms with Gasteiger partial charge >= 0.3 is 0 Å². The molecule has 2 atom stereocenters. The van der Waals surface area contributed by atoms with Crippen molar-refractivity contribution in [2.75, 3.05) is 0 Å². The molecule has 0 spiro atoms. The third kappa shape index (κ3) is 2.74. The van der Waals surface area contributed by atoms with E-state index < -0.39 is 0 Å². The molecule has 3 aromatic rings. The Balaban J connectivity index is 1.79. The maximum Gasteiger partial charge on any atom is 0.0540 e. The number of nitrogens with zero attached hydrogens (tertiary/aromatic N) is 2. The summed E-state index contributed by atoms with van der Waals surface area (Å²) in [6, 6.07) is 11.5. The number of nitrogens with one attached hydrogen (secondary N) is 1. The lowest BCUT2D eigenvalue weighted by Crippen LogP contribution is -2.22. The van der Waals surface area contributed by atoms with E-state index in [1.54, 1.807) is 0 Å². The van der Waals surface area contributed by atoms with Gasteiger partial charge in [0.1, 0.15) is 0 Å². The van der Waals surface area contributed by atoms with Gasteiger partial charge < -0.3 is 5.32 Å². The topological polar surface area (TPSA) is 29.9 Å². The van der Waals surface area contributed by atoms with E-state index >= 15 is 0 Å². The van der Waals surface area contributed by atoms with Crippen LogP contribution in [0, 0.1) is 6.92 Å². The molecule has 4 heteroatoms. The maximum absolute atomic E-state index is 4.33. The van der Waals surface area contributed by atoms with Crippen molar-refractivity contribution >= 4 is 21.4 Å². The minimum Gasteiger partial charge on any atom is -0.303 e. The normalized spacial score (nSPS) is 14.5. The molecule has 1 N–H and O–H groups in total. The summed E-state index contributed by atoms with van der Waals surface area (Å²) in [6.45, 7) is 6.55. The van der Waals surface area contributed by atoms with Crippen molar-refractivity contribution in [3.8, 4) is 0 Å². The predicted molar refractivity (Wildman–Crippen MR) is 89.7 cm³/mol. The highest BCUT2D eigenvalue weighted by molar-refractivity contribution is 7.19. The molecule has 110 valence electrons. The fourth-order valence-corrected chi connectivity index (χ4v) is 3.78. The Morgan fingerprint density at radius 3 is 2.62 bits per heavy atom. The Kier molecular flexibility index (Phi) is 3.83. The molecular weight excluding hydrogens is 278 g/mol. The van der Waals surface area contributed by atoms with Crippen molar-refractivity contribution in [3.63, 3.8) is 0 Å². The van der Waals surface area contributed by atoms with Crippen LogP contribution in [0.2, 0.25) is 0 Å². The molecular formula is C17H21N3S. The predicted octanol–water partition coefficient (Wildman–Crippen LogP) is 4.36. The number of hydrogen-bond donors (Lipinski definition) is 1. The van der Waals surface area contributed by atoms with Crippen LogP contribution in [0.5, 0.6) is 0 Å². The lowest BCUT2D eigenvalue weighted by Gasteiger charge is -2.19. The molecule has 2 heterocycles. The van der Waals surface area contributed by atoms with Gasteiger partial charge in [-0.15, -0.1) is 11.3 Å². The van der Waals surface area contributed by atoms with Gasteiger partial charge in [0.15, 0.2) is 0 Å². The largest absolute Gasteiger partial charge is 0.303 e. The van der Waals surface area contributed by atoms with E-state index in [1.165, 1.54) is 26.2 Å². The highest BCUT2D eigenvalue weighted by Crippen LogP contribution is 2.31. The molecule has 0 bridgehead atoms. The van der Waals surface area contributed by atoms with E-state index in [9.17, 15) is 0 Å². The number of rotatable bonds is 4.